The molecule has 2 rings (SSSR count). The third kappa shape index (κ3) is 3.71. The summed E-state index contributed by atoms with van der Waals surface area (Å²) < 4.78 is 5.22. The van der Waals surface area contributed by atoms with E-state index in [9.17, 15) is 4.79 Å². The first-order valence-electron chi connectivity index (χ1n) is 6.35. The van der Waals surface area contributed by atoms with Gasteiger partial charge in [0.15, 0.2) is 0 Å². The first kappa shape index (κ1) is 15.7. The summed E-state index contributed by atoms with van der Waals surface area (Å²) >= 11 is 7.54. The number of benzene rings is 2. The molecule has 1 amide bonds. The maximum Gasteiger partial charge on any atom is 0.254 e. The number of ether oxygens (including phenoxy) is 1. The van der Waals surface area contributed by atoms with Crippen LogP contribution in [0.1, 0.15) is 10.4 Å². The molecule has 0 aliphatic carbocycles. The zero-order chi connectivity index (χ0) is 15.4. The van der Waals surface area contributed by atoms with E-state index in [0.29, 0.717) is 16.3 Å². The Kier molecular flexibility index (Phi) is 5.15. The predicted molar refractivity (Wildman–Crippen MR) is 86.6 cm³/mol. The average molecular weight is 322 g/mol. The van der Waals surface area contributed by atoms with Crippen LogP contribution in [0.15, 0.2) is 52.3 Å². The van der Waals surface area contributed by atoms with Crippen molar-refractivity contribution in [2.75, 3.05) is 21.2 Å². The van der Waals surface area contributed by atoms with Gasteiger partial charge in [-0.05, 0) is 30.3 Å². The van der Waals surface area contributed by atoms with Crippen molar-refractivity contribution in [1.29, 1.82) is 0 Å². The molecule has 5 heteroatoms. The first-order chi connectivity index (χ1) is 10.0. The first-order valence-corrected chi connectivity index (χ1v) is 7.54. The summed E-state index contributed by atoms with van der Waals surface area (Å²) in [5, 5.41) is 0.569. The second-order valence-electron chi connectivity index (χ2n) is 4.59. The molecular weight excluding hydrogens is 306 g/mol. The van der Waals surface area contributed by atoms with Gasteiger partial charge in [0.1, 0.15) is 5.75 Å². The third-order valence-corrected chi connectivity index (χ3v) is 4.25. The molecule has 3 nitrogen and oxygen atoms in total. The number of nitrogens with zero attached hydrogens (tertiary/aromatic N) is 1. The van der Waals surface area contributed by atoms with Crippen LogP contribution in [0.25, 0.3) is 0 Å². The summed E-state index contributed by atoms with van der Waals surface area (Å²) in [6.45, 7) is 0. The Morgan fingerprint density at radius 1 is 1.19 bits per heavy atom. The Hall–Kier alpha value is -1.65. The Balaban J connectivity index is 2.34. The number of carbonyl (C=O) groups is 1. The number of rotatable bonds is 4. The van der Waals surface area contributed by atoms with Crippen LogP contribution < -0.4 is 4.74 Å². The fourth-order valence-corrected chi connectivity index (χ4v) is 2.97. The van der Waals surface area contributed by atoms with Crippen LogP contribution in [0.4, 0.5) is 0 Å². The Bertz CT molecular complexity index is 658. The van der Waals surface area contributed by atoms with Gasteiger partial charge in [0.05, 0.1) is 17.7 Å². The largest absolute Gasteiger partial charge is 0.495 e. The van der Waals surface area contributed by atoms with Crippen molar-refractivity contribution in [2.24, 2.45) is 0 Å². The quantitative estimate of drug-likeness (QED) is 0.845. The number of amides is 1. The van der Waals surface area contributed by atoms with Crippen LogP contribution in [-0.2, 0) is 0 Å². The molecule has 0 aliphatic rings. The highest BCUT2D eigenvalue weighted by atomic mass is 35.5. The Morgan fingerprint density at radius 2 is 1.90 bits per heavy atom. The van der Waals surface area contributed by atoms with Gasteiger partial charge in [-0.15, -0.1) is 0 Å². The van der Waals surface area contributed by atoms with Crippen LogP contribution in [-0.4, -0.2) is 32.0 Å². The maximum atomic E-state index is 12.2. The summed E-state index contributed by atoms with van der Waals surface area (Å²) in [4.78, 5) is 15.6. The SMILES string of the molecule is COc1cc(Sc2ccccc2C(=O)N(C)C)ccc1Cl. The minimum absolute atomic E-state index is 0.0148. The van der Waals surface area contributed by atoms with Gasteiger partial charge in [0.25, 0.3) is 5.91 Å². The van der Waals surface area contributed by atoms with Crippen LogP contribution in [0.3, 0.4) is 0 Å². The van der Waals surface area contributed by atoms with Crippen molar-refractivity contribution in [3.63, 3.8) is 0 Å². The molecule has 0 aromatic heterocycles. The predicted octanol–water partition coefficient (Wildman–Crippen LogP) is 4.20. The van der Waals surface area contributed by atoms with Crippen LogP contribution in [0.2, 0.25) is 5.02 Å². The highest BCUT2D eigenvalue weighted by Gasteiger charge is 2.14. The molecule has 0 saturated heterocycles. The highest BCUT2D eigenvalue weighted by molar-refractivity contribution is 7.99. The number of hydrogen-bond acceptors (Lipinski definition) is 3. The number of carbonyl (C=O) groups excluding carboxylic acids is 1. The topological polar surface area (TPSA) is 29.5 Å². The van der Waals surface area contributed by atoms with Gasteiger partial charge in [-0.2, -0.15) is 0 Å². The van der Waals surface area contributed by atoms with Crippen molar-refractivity contribution < 1.29 is 9.53 Å². The van der Waals surface area contributed by atoms with Crippen molar-refractivity contribution in [3.05, 3.63) is 53.1 Å². The van der Waals surface area contributed by atoms with E-state index in [-0.39, 0.29) is 5.91 Å². The second-order valence-corrected chi connectivity index (χ2v) is 6.12. The lowest BCUT2D eigenvalue weighted by Crippen LogP contribution is -2.22. The zero-order valence-electron chi connectivity index (χ0n) is 12.1. The molecule has 0 heterocycles. The van der Waals surface area contributed by atoms with Crippen LogP contribution in [0, 0.1) is 0 Å². The summed E-state index contributed by atoms with van der Waals surface area (Å²) in [5.74, 6) is 0.608. The molecule has 0 N–H and O–H groups in total. The van der Waals surface area contributed by atoms with Gasteiger partial charge in [-0.25, -0.2) is 0 Å². The highest BCUT2D eigenvalue weighted by Crippen LogP contribution is 2.35. The Morgan fingerprint density at radius 3 is 2.57 bits per heavy atom. The fourth-order valence-electron chi connectivity index (χ4n) is 1.80. The maximum absolute atomic E-state index is 12.2. The smallest absolute Gasteiger partial charge is 0.254 e. The van der Waals surface area contributed by atoms with Crippen LogP contribution >= 0.6 is 23.4 Å². The summed E-state index contributed by atoms with van der Waals surface area (Å²) in [5.41, 5.74) is 0.682. The molecule has 0 atom stereocenters. The van der Waals surface area contributed by atoms with Gasteiger partial charge in [0, 0.05) is 23.9 Å². The van der Waals surface area contributed by atoms with E-state index in [2.05, 4.69) is 0 Å². The summed E-state index contributed by atoms with van der Waals surface area (Å²) in [6, 6.07) is 13.1. The molecule has 2 aromatic carbocycles. The fraction of sp³-hybridized carbons (Fsp3) is 0.188. The van der Waals surface area contributed by atoms with E-state index in [0.717, 1.165) is 9.79 Å². The third-order valence-electron chi connectivity index (χ3n) is 2.87. The van der Waals surface area contributed by atoms with E-state index in [4.69, 9.17) is 16.3 Å². The van der Waals surface area contributed by atoms with Crippen molar-refractivity contribution in [3.8, 4) is 5.75 Å². The van der Waals surface area contributed by atoms with Crippen molar-refractivity contribution in [2.45, 2.75) is 9.79 Å². The zero-order valence-corrected chi connectivity index (χ0v) is 13.7. The minimum atomic E-state index is -0.0148. The average Bonchev–Trinajstić information content (AvgIpc) is 2.49. The van der Waals surface area contributed by atoms with Gasteiger partial charge >= 0.3 is 0 Å². The van der Waals surface area contributed by atoms with Crippen molar-refractivity contribution in [1.82, 2.24) is 4.90 Å². The molecule has 0 aliphatic heterocycles. The standard InChI is InChI=1S/C16H16ClNO2S/c1-18(2)16(19)12-6-4-5-7-15(12)21-11-8-9-13(17)14(10-11)20-3/h4-10H,1-3H3. The molecule has 0 unspecified atom stereocenters. The molecule has 0 bridgehead atoms. The molecule has 0 radical (unpaired) electrons. The van der Waals surface area contributed by atoms with Gasteiger partial charge in [-0.3, -0.25) is 4.79 Å². The lowest BCUT2D eigenvalue weighted by atomic mass is 10.2. The molecule has 0 fully saturated rings. The van der Waals surface area contributed by atoms with Gasteiger partial charge in [-0.1, -0.05) is 35.5 Å². The monoisotopic (exact) mass is 321 g/mol. The van der Waals surface area contributed by atoms with E-state index >= 15 is 0 Å². The summed E-state index contributed by atoms with van der Waals surface area (Å²) in [6.07, 6.45) is 0. The van der Waals surface area contributed by atoms with Gasteiger partial charge in [0.2, 0.25) is 0 Å². The minimum Gasteiger partial charge on any atom is -0.495 e. The second kappa shape index (κ2) is 6.87. The summed E-state index contributed by atoms with van der Waals surface area (Å²) in [7, 11) is 5.07. The number of methoxy groups -OCH3 is 1. The molecule has 0 spiro atoms. The molecule has 0 saturated carbocycles. The number of hydrogen-bond donors (Lipinski definition) is 0. The Labute approximate surface area is 133 Å². The van der Waals surface area contributed by atoms with E-state index in [1.54, 1.807) is 32.2 Å². The van der Waals surface area contributed by atoms with E-state index in [1.165, 1.54) is 11.8 Å². The normalized spacial score (nSPS) is 10.3. The van der Waals surface area contributed by atoms with E-state index in [1.807, 2.05) is 36.4 Å². The molecule has 21 heavy (non-hydrogen) atoms. The molecular formula is C16H16ClNO2S. The number of halogens is 1. The molecule has 110 valence electrons. The lowest BCUT2D eigenvalue weighted by Gasteiger charge is -2.14. The van der Waals surface area contributed by atoms with Crippen LogP contribution in [0.5, 0.6) is 5.75 Å². The van der Waals surface area contributed by atoms with E-state index < -0.39 is 0 Å². The lowest BCUT2D eigenvalue weighted by molar-refractivity contribution is 0.0824. The molecule has 2 aromatic rings. The van der Waals surface area contributed by atoms with Crippen molar-refractivity contribution >= 4 is 29.3 Å². The van der Waals surface area contributed by atoms with Gasteiger partial charge < -0.3 is 9.64 Å².